The molecule has 3 rings (SSSR count). The Balaban J connectivity index is 1.62. The zero-order valence-corrected chi connectivity index (χ0v) is 19.8. The first-order valence-corrected chi connectivity index (χ1v) is 11.9. The summed E-state index contributed by atoms with van der Waals surface area (Å²) >= 11 is 9.25. The van der Waals surface area contributed by atoms with E-state index in [4.69, 9.17) is 16.3 Å². The number of nitrogens with one attached hydrogen (secondary N) is 1. The number of phenolic OH excluding ortho intramolecular Hbond substituents is 1. The van der Waals surface area contributed by atoms with Crippen LogP contribution >= 0.6 is 34.7 Å². The van der Waals surface area contributed by atoms with Crippen LogP contribution in [0.15, 0.2) is 28.6 Å². The van der Waals surface area contributed by atoms with Crippen LogP contribution < -0.4 is 10.1 Å². The fourth-order valence-electron chi connectivity index (χ4n) is 3.03. The first kappa shape index (κ1) is 22.7. The third-order valence-electron chi connectivity index (χ3n) is 4.71. The van der Waals surface area contributed by atoms with E-state index < -0.39 is 0 Å². The summed E-state index contributed by atoms with van der Waals surface area (Å²) in [7, 11) is 0. The van der Waals surface area contributed by atoms with E-state index in [1.165, 1.54) is 11.8 Å². The number of hydrogen-bond donors (Lipinski definition) is 2. The number of carbonyl (C=O) groups excluding carboxylic acids is 1. The molecule has 1 amide bonds. The summed E-state index contributed by atoms with van der Waals surface area (Å²) in [6.45, 7) is 8.64. The van der Waals surface area contributed by atoms with E-state index in [2.05, 4.69) is 10.3 Å². The molecule has 1 aromatic heterocycles. The minimum Gasteiger partial charge on any atom is -0.507 e. The Bertz CT molecular complexity index is 1070. The molecule has 0 aliphatic rings. The van der Waals surface area contributed by atoms with E-state index >= 15 is 0 Å². The number of benzene rings is 2. The standard InChI is InChI=1S/C22H25ClN2O3S2/c1-5-28-14-6-7-18-19(8-14)30-22(25-18)29-11-20(26)24-10-16-13(4)17(23)9-15(12(2)3)21(16)27/h6-9,12,27H,5,10-11H2,1-4H3,(H,24,26). The molecule has 2 aromatic carbocycles. The van der Waals surface area contributed by atoms with Crippen molar-refractivity contribution in [1.29, 1.82) is 0 Å². The van der Waals surface area contributed by atoms with Gasteiger partial charge in [0.1, 0.15) is 11.5 Å². The first-order chi connectivity index (χ1) is 14.3. The summed E-state index contributed by atoms with van der Waals surface area (Å²) in [5, 5.41) is 14.1. The van der Waals surface area contributed by atoms with Crippen LogP contribution in [-0.2, 0) is 11.3 Å². The van der Waals surface area contributed by atoms with Gasteiger partial charge in [-0.3, -0.25) is 4.79 Å². The van der Waals surface area contributed by atoms with E-state index in [0.29, 0.717) is 17.2 Å². The summed E-state index contributed by atoms with van der Waals surface area (Å²) in [4.78, 5) is 16.9. The number of amides is 1. The molecule has 8 heteroatoms. The van der Waals surface area contributed by atoms with Gasteiger partial charge in [-0.2, -0.15) is 0 Å². The SMILES string of the molecule is CCOc1ccc2nc(SCC(=O)NCc3c(C)c(Cl)cc(C(C)C)c3O)sc2c1. The fraction of sp³-hybridized carbons (Fsp3) is 0.364. The molecular formula is C22H25ClN2O3S2. The van der Waals surface area contributed by atoms with Crippen molar-refractivity contribution in [1.82, 2.24) is 10.3 Å². The molecule has 30 heavy (non-hydrogen) atoms. The highest BCUT2D eigenvalue weighted by Gasteiger charge is 2.17. The third-order valence-corrected chi connectivity index (χ3v) is 7.27. The van der Waals surface area contributed by atoms with Crippen molar-refractivity contribution in [3.8, 4) is 11.5 Å². The summed E-state index contributed by atoms with van der Waals surface area (Å²) in [6.07, 6.45) is 0. The predicted molar refractivity (Wildman–Crippen MR) is 125 cm³/mol. The predicted octanol–water partition coefficient (Wildman–Crippen LogP) is 5.89. The molecule has 5 nitrogen and oxygen atoms in total. The molecule has 0 unspecified atom stereocenters. The van der Waals surface area contributed by atoms with Crippen molar-refractivity contribution in [2.45, 2.75) is 44.5 Å². The summed E-state index contributed by atoms with van der Waals surface area (Å²) < 4.78 is 7.39. The molecule has 0 saturated heterocycles. The molecule has 0 bridgehead atoms. The maximum absolute atomic E-state index is 12.4. The average molecular weight is 465 g/mol. The molecule has 0 radical (unpaired) electrons. The van der Waals surface area contributed by atoms with Gasteiger partial charge in [0, 0.05) is 17.1 Å². The largest absolute Gasteiger partial charge is 0.507 e. The van der Waals surface area contributed by atoms with Crippen molar-refractivity contribution in [2.24, 2.45) is 0 Å². The van der Waals surface area contributed by atoms with Gasteiger partial charge >= 0.3 is 0 Å². The molecule has 0 saturated carbocycles. The molecule has 0 aliphatic carbocycles. The molecule has 1 heterocycles. The van der Waals surface area contributed by atoms with Crippen LogP contribution in [0.3, 0.4) is 0 Å². The summed E-state index contributed by atoms with van der Waals surface area (Å²) in [6, 6.07) is 7.59. The van der Waals surface area contributed by atoms with E-state index in [1.807, 2.05) is 45.9 Å². The molecule has 2 N–H and O–H groups in total. The Kier molecular flexibility index (Phi) is 7.50. The maximum atomic E-state index is 12.4. The van der Waals surface area contributed by atoms with Crippen molar-refractivity contribution >= 4 is 50.8 Å². The lowest BCUT2D eigenvalue weighted by Crippen LogP contribution is -2.25. The molecule has 3 aromatic rings. The van der Waals surface area contributed by atoms with Gasteiger partial charge in [-0.05, 0) is 55.2 Å². The lowest BCUT2D eigenvalue weighted by Gasteiger charge is -2.17. The maximum Gasteiger partial charge on any atom is 0.230 e. The molecule has 160 valence electrons. The Morgan fingerprint density at radius 2 is 2.13 bits per heavy atom. The van der Waals surface area contributed by atoms with Gasteiger partial charge in [-0.1, -0.05) is 37.2 Å². The number of phenols is 1. The van der Waals surface area contributed by atoms with E-state index in [0.717, 1.165) is 31.4 Å². The number of nitrogens with zero attached hydrogens (tertiary/aromatic N) is 1. The molecule has 0 aliphatic heterocycles. The van der Waals surface area contributed by atoms with Crippen LogP contribution in [-0.4, -0.2) is 28.4 Å². The van der Waals surface area contributed by atoms with Crippen molar-refractivity contribution in [2.75, 3.05) is 12.4 Å². The Labute approximate surface area is 189 Å². The lowest BCUT2D eigenvalue weighted by molar-refractivity contribution is -0.118. The minimum atomic E-state index is -0.126. The van der Waals surface area contributed by atoms with Gasteiger partial charge in [-0.15, -0.1) is 11.3 Å². The van der Waals surface area contributed by atoms with Crippen LogP contribution in [0.4, 0.5) is 0 Å². The van der Waals surface area contributed by atoms with Crippen LogP contribution in [0.1, 0.15) is 43.4 Å². The smallest absolute Gasteiger partial charge is 0.230 e. The highest BCUT2D eigenvalue weighted by molar-refractivity contribution is 8.01. The monoisotopic (exact) mass is 464 g/mol. The van der Waals surface area contributed by atoms with E-state index in [9.17, 15) is 9.90 Å². The number of ether oxygens (including phenoxy) is 1. The highest BCUT2D eigenvalue weighted by Crippen LogP contribution is 2.36. The van der Waals surface area contributed by atoms with Gasteiger partial charge in [0.15, 0.2) is 4.34 Å². The number of halogens is 1. The number of hydrogen-bond acceptors (Lipinski definition) is 6. The molecule has 0 atom stereocenters. The van der Waals surface area contributed by atoms with Crippen LogP contribution in [0.2, 0.25) is 5.02 Å². The average Bonchev–Trinajstić information content (AvgIpc) is 3.11. The molecular weight excluding hydrogens is 440 g/mol. The van der Waals surface area contributed by atoms with E-state index in [1.54, 1.807) is 17.4 Å². The van der Waals surface area contributed by atoms with Crippen molar-refractivity contribution in [3.05, 3.63) is 46.0 Å². The van der Waals surface area contributed by atoms with Crippen LogP contribution in [0.25, 0.3) is 10.2 Å². The number of carbonyl (C=O) groups is 1. The number of thioether (sulfide) groups is 1. The zero-order valence-electron chi connectivity index (χ0n) is 17.4. The number of rotatable bonds is 8. The van der Waals surface area contributed by atoms with Gasteiger partial charge in [0.05, 0.1) is 22.6 Å². The van der Waals surface area contributed by atoms with Crippen LogP contribution in [0.5, 0.6) is 11.5 Å². The third kappa shape index (κ3) is 5.20. The van der Waals surface area contributed by atoms with E-state index in [-0.39, 0.29) is 29.9 Å². The lowest BCUT2D eigenvalue weighted by atomic mass is 9.96. The summed E-state index contributed by atoms with van der Waals surface area (Å²) in [5.74, 6) is 1.28. The zero-order chi connectivity index (χ0) is 21.8. The highest BCUT2D eigenvalue weighted by atomic mass is 35.5. The van der Waals surface area contributed by atoms with Crippen molar-refractivity contribution in [3.63, 3.8) is 0 Å². The first-order valence-electron chi connectivity index (χ1n) is 9.73. The second kappa shape index (κ2) is 9.90. The quantitative estimate of drug-likeness (QED) is 0.406. The Morgan fingerprint density at radius 1 is 1.37 bits per heavy atom. The second-order valence-electron chi connectivity index (χ2n) is 7.16. The van der Waals surface area contributed by atoms with Gasteiger partial charge in [0.25, 0.3) is 0 Å². The fourth-order valence-corrected chi connectivity index (χ4v) is 5.19. The minimum absolute atomic E-state index is 0.126. The number of thiazole rings is 1. The second-order valence-corrected chi connectivity index (χ2v) is 9.82. The molecule has 0 spiro atoms. The van der Waals surface area contributed by atoms with Gasteiger partial charge in [-0.25, -0.2) is 4.98 Å². The Hall–Kier alpha value is -1.96. The number of aromatic hydroxyl groups is 1. The topological polar surface area (TPSA) is 71.5 Å². The number of fused-ring (bicyclic) bond motifs is 1. The number of aromatic nitrogens is 1. The van der Waals surface area contributed by atoms with Crippen molar-refractivity contribution < 1.29 is 14.6 Å². The normalized spacial score (nSPS) is 11.3. The van der Waals surface area contributed by atoms with Gasteiger partial charge in [0.2, 0.25) is 5.91 Å². The Morgan fingerprint density at radius 3 is 2.83 bits per heavy atom. The van der Waals surface area contributed by atoms with Crippen LogP contribution in [0, 0.1) is 6.92 Å². The summed E-state index contributed by atoms with van der Waals surface area (Å²) in [5.41, 5.74) is 3.12. The molecule has 0 fully saturated rings. The van der Waals surface area contributed by atoms with Gasteiger partial charge < -0.3 is 15.2 Å².